The molecule has 0 saturated carbocycles. The fourth-order valence-electron chi connectivity index (χ4n) is 3.30. The van der Waals surface area contributed by atoms with Gasteiger partial charge in [0.15, 0.2) is 0 Å². The van der Waals surface area contributed by atoms with Crippen LogP contribution in [-0.2, 0) is 0 Å². The highest BCUT2D eigenvalue weighted by Gasteiger charge is 2.30. The molecule has 2 atom stereocenters. The highest BCUT2D eigenvalue weighted by atomic mass is 35.5. The normalized spacial score (nSPS) is 23.9. The number of aliphatic imine (C=N–C) groups is 1. The molecule has 0 aromatic heterocycles. The van der Waals surface area contributed by atoms with Crippen molar-refractivity contribution in [2.24, 2.45) is 21.9 Å². The summed E-state index contributed by atoms with van der Waals surface area (Å²) in [6.07, 6.45) is 21.9. The van der Waals surface area contributed by atoms with Crippen molar-refractivity contribution in [1.82, 2.24) is 5.43 Å². The van der Waals surface area contributed by atoms with Crippen LogP contribution in [0.15, 0.2) is 34.4 Å². The zero-order valence-electron chi connectivity index (χ0n) is 15.0. The number of hydrogen-bond acceptors (Lipinski definition) is 2. The topological polar surface area (TPSA) is 36.8 Å². The molecule has 2 rings (SSSR count). The second-order valence-corrected chi connectivity index (χ2v) is 7.20. The first-order chi connectivity index (χ1) is 11.8. The monoisotopic (exact) mass is 349 g/mol. The maximum Gasteiger partial charge on any atom is 0.134 e. The van der Waals surface area contributed by atoms with Crippen molar-refractivity contribution >= 4 is 22.6 Å². The van der Waals surface area contributed by atoms with E-state index in [1.54, 1.807) is 0 Å². The molecule has 1 aliphatic carbocycles. The summed E-state index contributed by atoms with van der Waals surface area (Å²) in [6.45, 7) is 3.15. The van der Waals surface area contributed by atoms with E-state index in [9.17, 15) is 0 Å². The Morgan fingerprint density at radius 3 is 2.17 bits per heavy atom. The Balaban J connectivity index is 1.56. The molecule has 3 nitrogen and oxygen atoms in total. The smallest absolute Gasteiger partial charge is 0.134 e. The molecule has 4 heteroatoms. The molecular weight excluding hydrogens is 318 g/mol. The number of rotatable bonds is 11. The van der Waals surface area contributed by atoms with Crippen LogP contribution in [0.5, 0.6) is 0 Å². The predicted octanol–water partition coefficient (Wildman–Crippen LogP) is 5.82. The molecule has 0 saturated heterocycles. The Bertz CT molecular complexity index is 479. The van der Waals surface area contributed by atoms with E-state index in [1.165, 1.54) is 57.8 Å². The molecule has 2 unspecified atom stereocenters. The van der Waals surface area contributed by atoms with Crippen LogP contribution in [0.1, 0.15) is 71.1 Å². The first kappa shape index (κ1) is 19.2. The molecular formula is C20H32ClN3. The summed E-state index contributed by atoms with van der Waals surface area (Å²) in [6, 6.07) is 0. The number of unbranched alkanes of at least 4 members (excludes halogenated alkanes) is 9. The van der Waals surface area contributed by atoms with E-state index in [2.05, 4.69) is 35.7 Å². The van der Waals surface area contributed by atoms with Crippen molar-refractivity contribution < 1.29 is 0 Å². The zero-order chi connectivity index (χ0) is 17.0. The summed E-state index contributed by atoms with van der Waals surface area (Å²) >= 11 is 6.18. The van der Waals surface area contributed by atoms with Gasteiger partial charge in [-0.15, -0.1) is 0 Å². The number of hydrogen-bond donors (Lipinski definition) is 1. The largest absolute Gasteiger partial charge is 0.270 e. The van der Waals surface area contributed by atoms with Crippen molar-refractivity contribution in [1.29, 1.82) is 0 Å². The molecule has 24 heavy (non-hydrogen) atoms. The number of allylic oxidation sites excluding steroid dienone is 3. The van der Waals surface area contributed by atoms with Crippen LogP contribution in [0.25, 0.3) is 0 Å². The predicted molar refractivity (Wildman–Crippen MR) is 106 cm³/mol. The maximum absolute atomic E-state index is 6.18. The molecule has 0 radical (unpaired) electrons. The number of halogens is 1. The lowest BCUT2D eigenvalue weighted by atomic mass is 9.87. The third-order valence-corrected chi connectivity index (χ3v) is 5.13. The summed E-state index contributed by atoms with van der Waals surface area (Å²) in [5, 5.41) is 4.81. The van der Waals surface area contributed by atoms with Crippen LogP contribution in [0.3, 0.4) is 0 Å². The molecule has 0 aromatic carbocycles. The van der Waals surface area contributed by atoms with E-state index in [0.29, 0.717) is 5.17 Å². The van der Waals surface area contributed by atoms with Gasteiger partial charge < -0.3 is 0 Å². The van der Waals surface area contributed by atoms with Crippen LogP contribution >= 0.6 is 11.6 Å². The molecule has 2 aliphatic rings. The van der Waals surface area contributed by atoms with Crippen molar-refractivity contribution in [3.8, 4) is 0 Å². The average molecular weight is 350 g/mol. The molecule has 0 amide bonds. The average Bonchev–Trinajstić information content (AvgIpc) is 2.61. The van der Waals surface area contributed by atoms with Gasteiger partial charge in [-0.25, -0.2) is 0 Å². The highest BCUT2D eigenvalue weighted by Crippen LogP contribution is 2.26. The van der Waals surface area contributed by atoms with Gasteiger partial charge in [-0.1, -0.05) is 101 Å². The van der Waals surface area contributed by atoms with E-state index >= 15 is 0 Å². The molecule has 0 spiro atoms. The van der Waals surface area contributed by atoms with Crippen molar-refractivity contribution in [3.63, 3.8) is 0 Å². The van der Waals surface area contributed by atoms with Crippen LogP contribution < -0.4 is 5.43 Å². The van der Waals surface area contributed by atoms with Crippen LogP contribution in [0.2, 0.25) is 0 Å². The first-order valence-corrected chi connectivity index (χ1v) is 10.1. The first-order valence-electron chi connectivity index (χ1n) is 9.71. The Morgan fingerprint density at radius 2 is 1.50 bits per heavy atom. The minimum absolute atomic E-state index is 0.157. The van der Waals surface area contributed by atoms with Crippen LogP contribution in [0, 0.1) is 11.8 Å². The summed E-state index contributed by atoms with van der Waals surface area (Å²) in [5.41, 5.74) is 3.02. The number of fused-ring (bicyclic) bond motifs is 1. The molecule has 0 fully saturated rings. The number of nitrogens with one attached hydrogen (secondary N) is 1. The van der Waals surface area contributed by atoms with Crippen molar-refractivity contribution in [2.45, 2.75) is 71.1 Å². The lowest BCUT2D eigenvalue weighted by molar-refractivity contribution is 0.557. The lowest BCUT2D eigenvalue weighted by Gasteiger charge is -2.28. The number of amidine groups is 1. The molecule has 1 N–H and O–H groups in total. The van der Waals surface area contributed by atoms with Gasteiger partial charge in [0.1, 0.15) is 11.0 Å². The van der Waals surface area contributed by atoms with Gasteiger partial charge in [0.2, 0.25) is 0 Å². The van der Waals surface area contributed by atoms with E-state index in [0.717, 1.165) is 18.8 Å². The second kappa shape index (κ2) is 11.5. The third kappa shape index (κ3) is 6.43. The minimum atomic E-state index is 0.157. The Morgan fingerprint density at radius 1 is 0.917 bits per heavy atom. The fourth-order valence-corrected chi connectivity index (χ4v) is 3.55. The maximum atomic E-state index is 6.18. The minimum Gasteiger partial charge on any atom is -0.270 e. The van der Waals surface area contributed by atoms with Gasteiger partial charge in [0.25, 0.3) is 0 Å². The Hall–Kier alpha value is -1.09. The van der Waals surface area contributed by atoms with Crippen LogP contribution in [0.4, 0.5) is 0 Å². The van der Waals surface area contributed by atoms with Crippen molar-refractivity contribution in [2.75, 3.05) is 6.54 Å². The van der Waals surface area contributed by atoms with Gasteiger partial charge in [0.05, 0.1) is 0 Å². The molecule has 134 valence electrons. The fraction of sp³-hybridized carbons (Fsp3) is 0.700. The van der Waals surface area contributed by atoms with Crippen LogP contribution in [-0.4, -0.2) is 17.6 Å². The van der Waals surface area contributed by atoms with E-state index in [-0.39, 0.29) is 11.8 Å². The summed E-state index contributed by atoms with van der Waals surface area (Å²) in [7, 11) is 0. The molecule has 1 aliphatic heterocycles. The SMILES string of the molecule is CCCCCCCCCCCCN=C1NN=C(Cl)C2C=CC=CC12. The standard InChI is InChI=1S/C20H32ClN3/c1-2-3-4-5-6-7-8-9-10-13-16-22-20-18-15-12-11-14-17(18)19(21)23-24-20/h11-12,14-15,17-18H,2-10,13,16H2,1H3,(H,22,24). The van der Waals surface area contributed by atoms with Crippen molar-refractivity contribution in [3.05, 3.63) is 24.3 Å². The molecule has 1 heterocycles. The van der Waals surface area contributed by atoms with E-state index < -0.39 is 0 Å². The Labute approximate surface area is 152 Å². The van der Waals surface area contributed by atoms with E-state index in [1.807, 2.05) is 6.08 Å². The highest BCUT2D eigenvalue weighted by molar-refractivity contribution is 6.66. The molecule has 0 bridgehead atoms. The zero-order valence-corrected chi connectivity index (χ0v) is 15.8. The third-order valence-electron chi connectivity index (χ3n) is 4.80. The van der Waals surface area contributed by atoms with Gasteiger partial charge >= 0.3 is 0 Å². The van der Waals surface area contributed by atoms with Gasteiger partial charge in [-0.2, -0.15) is 5.10 Å². The number of hydrazone groups is 1. The number of nitrogens with zero attached hydrogens (tertiary/aromatic N) is 2. The summed E-state index contributed by atoms with van der Waals surface area (Å²) in [4.78, 5) is 4.72. The second-order valence-electron chi connectivity index (χ2n) is 6.82. The van der Waals surface area contributed by atoms with Gasteiger partial charge in [0, 0.05) is 18.4 Å². The van der Waals surface area contributed by atoms with Gasteiger partial charge in [-0.3, -0.25) is 10.4 Å². The Kier molecular flexibility index (Phi) is 9.19. The summed E-state index contributed by atoms with van der Waals surface area (Å²) in [5.74, 6) is 1.34. The lowest BCUT2D eigenvalue weighted by Crippen LogP contribution is -2.39. The van der Waals surface area contributed by atoms with E-state index in [4.69, 9.17) is 16.6 Å². The van der Waals surface area contributed by atoms with Gasteiger partial charge in [-0.05, 0) is 6.42 Å². The summed E-state index contributed by atoms with van der Waals surface area (Å²) < 4.78 is 0. The quantitative estimate of drug-likeness (QED) is 0.469. The molecule has 0 aromatic rings.